The van der Waals surface area contributed by atoms with E-state index in [4.69, 9.17) is 4.74 Å². The normalized spacial score (nSPS) is 14.1. The number of carbonyl (C=O) groups is 1. The molecule has 0 aromatic heterocycles. The van der Waals surface area contributed by atoms with Gasteiger partial charge in [-0.1, -0.05) is 0 Å². The van der Waals surface area contributed by atoms with Crippen molar-refractivity contribution in [2.75, 3.05) is 18.7 Å². The van der Waals surface area contributed by atoms with E-state index in [9.17, 15) is 13.2 Å². The lowest BCUT2D eigenvalue weighted by atomic mass is 10.2. The fourth-order valence-electron chi connectivity index (χ4n) is 2.39. The third-order valence-electron chi connectivity index (χ3n) is 3.96. The second-order valence-electron chi connectivity index (χ2n) is 5.94. The number of thioether (sulfide) groups is 1. The Bertz CT molecular complexity index is 907. The molecule has 1 amide bonds. The molecule has 2 aromatic rings. The number of anilines is 1. The van der Waals surface area contributed by atoms with E-state index in [1.54, 1.807) is 30.0 Å². The van der Waals surface area contributed by atoms with Crippen molar-refractivity contribution in [3.05, 3.63) is 48.0 Å². The SMILES string of the molecule is COc1ccc(C(=O)Nc2ccc(SC)cc2)cc1S(=O)(=O)NC1CC1. The first-order chi connectivity index (χ1) is 12.4. The quantitative estimate of drug-likeness (QED) is 0.708. The fourth-order valence-corrected chi connectivity index (χ4v) is 4.30. The Balaban J connectivity index is 1.84. The largest absolute Gasteiger partial charge is 0.495 e. The number of sulfonamides is 1. The maximum absolute atomic E-state index is 12.5. The zero-order valence-corrected chi connectivity index (χ0v) is 16.1. The molecule has 1 saturated carbocycles. The van der Waals surface area contributed by atoms with E-state index in [0.29, 0.717) is 5.69 Å². The summed E-state index contributed by atoms with van der Waals surface area (Å²) in [5.74, 6) is -0.175. The van der Waals surface area contributed by atoms with Crippen LogP contribution in [0.1, 0.15) is 23.2 Å². The van der Waals surface area contributed by atoms with Gasteiger partial charge in [0.15, 0.2) is 0 Å². The smallest absolute Gasteiger partial charge is 0.255 e. The summed E-state index contributed by atoms with van der Waals surface area (Å²) in [4.78, 5) is 13.6. The lowest BCUT2D eigenvalue weighted by Gasteiger charge is -2.12. The number of amides is 1. The minimum absolute atomic E-state index is 0.0303. The standard InChI is InChI=1S/C18H20N2O4S2/c1-24-16-10-3-12(11-17(16)26(22,23)20-14-4-5-14)18(21)19-13-6-8-15(25-2)9-7-13/h3,6-11,14,20H,4-5H2,1-2H3,(H,19,21). The van der Waals surface area contributed by atoms with Gasteiger partial charge in [-0.05, 0) is 61.6 Å². The highest BCUT2D eigenvalue weighted by molar-refractivity contribution is 7.98. The minimum atomic E-state index is -3.74. The molecular formula is C18H20N2O4S2. The van der Waals surface area contributed by atoms with Crippen molar-refractivity contribution in [3.63, 3.8) is 0 Å². The van der Waals surface area contributed by atoms with E-state index in [-0.39, 0.29) is 28.2 Å². The van der Waals surface area contributed by atoms with Crippen molar-refractivity contribution >= 4 is 33.4 Å². The van der Waals surface area contributed by atoms with E-state index < -0.39 is 10.0 Å². The van der Waals surface area contributed by atoms with Gasteiger partial charge in [-0.25, -0.2) is 13.1 Å². The van der Waals surface area contributed by atoms with Gasteiger partial charge in [0.25, 0.3) is 5.91 Å². The lowest BCUT2D eigenvalue weighted by Crippen LogP contribution is -2.26. The molecular weight excluding hydrogens is 372 g/mol. The van der Waals surface area contributed by atoms with Crippen molar-refractivity contribution in [2.24, 2.45) is 0 Å². The van der Waals surface area contributed by atoms with Gasteiger partial charge in [0.05, 0.1) is 7.11 Å². The fraction of sp³-hybridized carbons (Fsp3) is 0.278. The van der Waals surface area contributed by atoms with Crippen molar-refractivity contribution in [1.29, 1.82) is 0 Å². The number of hydrogen-bond donors (Lipinski definition) is 2. The number of benzene rings is 2. The molecule has 2 N–H and O–H groups in total. The maximum atomic E-state index is 12.5. The summed E-state index contributed by atoms with van der Waals surface area (Å²) in [6, 6.07) is 11.8. The molecule has 6 nitrogen and oxygen atoms in total. The minimum Gasteiger partial charge on any atom is -0.495 e. The van der Waals surface area contributed by atoms with Crippen LogP contribution in [-0.4, -0.2) is 33.7 Å². The highest BCUT2D eigenvalue weighted by Gasteiger charge is 2.30. The molecule has 0 aliphatic heterocycles. The summed E-state index contributed by atoms with van der Waals surface area (Å²) in [6.45, 7) is 0. The third kappa shape index (κ3) is 4.38. The summed E-state index contributed by atoms with van der Waals surface area (Å²) in [5.41, 5.74) is 0.889. The highest BCUT2D eigenvalue weighted by Crippen LogP contribution is 2.28. The Morgan fingerprint density at radius 3 is 2.42 bits per heavy atom. The van der Waals surface area contributed by atoms with Crippen molar-refractivity contribution in [3.8, 4) is 5.75 Å². The average Bonchev–Trinajstić information content (AvgIpc) is 3.45. The van der Waals surface area contributed by atoms with Gasteiger partial charge in [-0.3, -0.25) is 4.79 Å². The van der Waals surface area contributed by atoms with Crippen LogP contribution in [0.5, 0.6) is 5.75 Å². The van der Waals surface area contributed by atoms with Gasteiger partial charge in [0, 0.05) is 22.2 Å². The number of nitrogens with one attached hydrogen (secondary N) is 2. The monoisotopic (exact) mass is 392 g/mol. The predicted molar refractivity (Wildman–Crippen MR) is 103 cm³/mol. The summed E-state index contributed by atoms with van der Waals surface area (Å²) in [6.07, 6.45) is 3.63. The van der Waals surface area contributed by atoms with Crippen molar-refractivity contribution < 1.29 is 17.9 Å². The first-order valence-corrected chi connectivity index (χ1v) is 10.8. The van der Waals surface area contributed by atoms with Crippen LogP contribution in [0.25, 0.3) is 0 Å². The summed E-state index contributed by atoms with van der Waals surface area (Å²) >= 11 is 1.61. The van der Waals surface area contributed by atoms with Crippen LogP contribution in [0.15, 0.2) is 52.3 Å². The lowest BCUT2D eigenvalue weighted by molar-refractivity contribution is 0.102. The molecule has 8 heteroatoms. The first-order valence-electron chi connectivity index (χ1n) is 8.09. The van der Waals surface area contributed by atoms with Crippen LogP contribution in [0.3, 0.4) is 0 Å². The molecule has 0 atom stereocenters. The molecule has 0 bridgehead atoms. The third-order valence-corrected chi connectivity index (χ3v) is 6.25. The molecule has 0 spiro atoms. The van der Waals surface area contributed by atoms with Crippen molar-refractivity contribution in [2.45, 2.75) is 28.7 Å². The zero-order valence-electron chi connectivity index (χ0n) is 14.5. The van der Waals surface area contributed by atoms with E-state index >= 15 is 0 Å². The van der Waals surface area contributed by atoms with Crippen LogP contribution >= 0.6 is 11.8 Å². The summed E-state index contributed by atoms with van der Waals surface area (Å²) in [7, 11) is -2.33. The summed E-state index contributed by atoms with van der Waals surface area (Å²) < 4.78 is 32.8. The topological polar surface area (TPSA) is 84.5 Å². The average molecular weight is 393 g/mol. The number of hydrogen-bond acceptors (Lipinski definition) is 5. The second kappa shape index (κ2) is 7.69. The van der Waals surface area contributed by atoms with Gasteiger partial charge >= 0.3 is 0 Å². The Hall–Kier alpha value is -2.03. The first kappa shape index (κ1) is 18.8. The van der Waals surface area contributed by atoms with E-state index in [2.05, 4.69) is 10.0 Å². The molecule has 0 saturated heterocycles. The molecule has 26 heavy (non-hydrogen) atoms. The Labute approximate surface area is 157 Å². The molecule has 0 heterocycles. The molecule has 1 aliphatic carbocycles. The van der Waals surface area contributed by atoms with Gasteiger partial charge in [0.2, 0.25) is 10.0 Å². The Morgan fingerprint density at radius 2 is 1.85 bits per heavy atom. The van der Waals surface area contributed by atoms with Gasteiger partial charge < -0.3 is 10.1 Å². The van der Waals surface area contributed by atoms with E-state index in [1.165, 1.54) is 19.2 Å². The highest BCUT2D eigenvalue weighted by atomic mass is 32.2. The molecule has 0 unspecified atom stereocenters. The molecule has 1 aliphatic rings. The number of methoxy groups -OCH3 is 1. The second-order valence-corrected chi connectivity index (χ2v) is 8.51. The van der Waals surface area contributed by atoms with Gasteiger partial charge in [-0.15, -0.1) is 11.8 Å². The molecule has 2 aromatic carbocycles. The van der Waals surface area contributed by atoms with Crippen LogP contribution in [0.4, 0.5) is 5.69 Å². The van der Waals surface area contributed by atoms with Crippen molar-refractivity contribution in [1.82, 2.24) is 4.72 Å². The van der Waals surface area contributed by atoms with Gasteiger partial charge in [-0.2, -0.15) is 0 Å². The van der Waals surface area contributed by atoms with E-state index in [0.717, 1.165) is 17.7 Å². The van der Waals surface area contributed by atoms with Crippen LogP contribution in [-0.2, 0) is 10.0 Å². The Kier molecular flexibility index (Phi) is 5.55. The van der Waals surface area contributed by atoms with Crippen LogP contribution < -0.4 is 14.8 Å². The number of carbonyl (C=O) groups excluding carboxylic acids is 1. The molecule has 0 radical (unpaired) electrons. The predicted octanol–water partition coefficient (Wildman–Crippen LogP) is 3.11. The zero-order chi connectivity index (χ0) is 18.7. The Morgan fingerprint density at radius 1 is 1.15 bits per heavy atom. The molecule has 1 fully saturated rings. The summed E-state index contributed by atoms with van der Waals surface area (Å²) in [5, 5.41) is 2.77. The van der Waals surface area contributed by atoms with Crippen LogP contribution in [0.2, 0.25) is 0 Å². The van der Waals surface area contributed by atoms with Crippen LogP contribution in [0, 0.1) is 0 Å². The number of rotatable bonds is 7. The molecule has 3 rings (SSSR count). The van der Waals surface area contributed by atoms with E-state index in [1.807, 2.05) is 18.4 Å². The molecule has 138 valence electrons. The number of ether oxygens (including phenoxy) is 1. The maximum Gasteiger partial charge on any atom is 0.255 e. The van der Waals surface area contributed by atoms with Gasteiger partial charge in [0.1, 0.15) is 10.6 Å².